The molecule has 0 aliphatic heterocycles. The second-order valence-corrected chi connectivity index (χ2v) is 12.3. The number of allylic oxidation sites excluding steroid dienone is 5. The molecule has 0 saturated heterocycles. The molecule has 6 atom stereocenters. The Hall–Kier alpha value is -1.60. The van der Waals surface area contributed by atoms with Gasteiger partial charge in [-0.05, 0) is 95.7 Å². The second kappa shape index (κ2) is 7.73. The molecule has 1 heteroatoms. The van der Waals surface area contributed by atoms with Crippen molar-refractivity contribution in [1.29, 1.82) is 0 Å². The maximum atomic E-state index is 10.8. The molecule has 0 aromatic heterocycles. The van der Waals surface area contributed by atoms with Crippen LogP contribution in [0.3, 0.4) is 0 Å². The molecule has 4 aliphatic rings. The third-order valence-corrected chi connectivity index (χ3v) is 10.5. The van der Waals surface area contributed by atoms with Crippen LogP contribution in [0, 0.1) is 34.0 Å². The van der Waals surface area contributed by atoms with E-state index < -0.39 is 0 Å². The zero-order valence-corrected chi connectivity index (χ0v) is 20.8. The normalized spacial score (nSPS) is 39.3. The van der Waals surface area contributed by atoms with Crippen LogP contribution in [0.25, 0.3) is 6.08 Å². The highest BCUT2D eigenvalue weighted by Crippen LogP contribution is 2.66. The summed E-state index contributed by atoms with van der Waals surface area (Å²) in [6.07, 6.45) is 15.6. The third-order valence-electron chi connectivity index (χ3n) is 10.5. The molecular formula is C31H42O. The number of benzene rings is 1. The number of rotatable bonds is 3. The van der Waals surface area contributed by atoms with E-state index in [2.05, 4.69) is 83.2 Å². The maximum Gasteiger partial charge on any atom is 0.0594 e. The van der Waals surface area contributed by atoms with E-state index in [1.807, 2.05) is 0 Å². The molecule has 1 aromatic rings. The van der Waals surface area contributed by atoms with Gasteiger partial charge in [0.25, 0.3) is 0 Å². The fourth-order valence-corrected chi connectivity index (χ4v) is 8.47. The van der Waals surface area contributed by atoms with E-state index in [0.29, 0.717) is 23.2 Å². The summed E-state index contributed by atoms with van der Waals surface area (Å²) in [5.41, 5.74) is 7.11. The van der Waals surface area contributed by atoms with Gasteiger partial charge in [-0.25, -0.2) is 0 Å². The van der Waals surface area contributed by atoms with E-state index in [-0.39, 0.29) is 16.9 Å². The molecule has 2 unspecified atom stereocenters. The van der Waals surface area contributed by atoms with Crippen LogP contribution < -0.4 is 0 Å². The van der Waals surface area contributed by atoms with Gasteiger partial charge in [-0.15, -0.1) is 0 Å². The van der Waals surface area contributed by atoms with Crippen molar-refractivity contribution >= 4 is 6.08 Å². The predicted octanol–water partition coefficient (Wildman–Crippen LogP) is 7.98. The van der Waals surface area contributed by atoms with E-state index in [1.165, 1.54) is 37.7 Å². The van der Waals surface area contributed by atoms with Crippen LogP contribution in [0.5, 0.6) is 0 Å². The molecule has 172 valence electrons. The van der Waals surface area contributed by atoms with Crippen molar-refractivity contribution in [2.24, 2.45) is 34.0 Å². The van der Waals surface area contributed by atoms with Crippen LogP contribution >= 0.6 is 0 Å². The van der Waals surface area contributed by atoms with Crippen LogP contribution in [0.15, 0.2) is 59.2 Å². The second-order valence-electron chi connectivity index (χ2n) is 12.3. The van der Waals surface area contributed by atoms with Crippen LogP contribution in [0.1, 0.15) is 85.1 Å². The van der Waals surface area contributed by atoms with E-state index in [9.17, 15) is 5.11 Å². The third kappa shape index (κ3) is 3.22. The Morgan fingerprint density at radius 3 is 2.47 bits per heavy atom. The zero-order chi connectivity index (χ0) is 22.7. The fraction of sp³-hybridized carbons (Fsp3) is 0.613. The minimum atomic E-state index is -0.149. The molecular weight excluding hydrogens is 388 g/mol. The SMILES string of the molecule is C[C@H](C=Cc1ccccc1)[C@H]1CC=C2C3=C(CC[C@@]21C)[C@@]1(C)CCC(O)C(C)(C)C1CC3. The molecule has 0 bridgehead atoms. The van der Waals surface area contributed by atoms with Gasteiger partial charge < -0.3 is 5.11 Å². The molecule has 1 nitrogen and oxygen atoms in total. The average Bonchev–Trinajstić information content (AvgIpc) is 3.13. The average molecular weight is 431 g/mol. The Bertz CT molecular complexity index is 963. The minimum absolute atomic E-state index is 0.0234. The molecule has 1 aromatic carbocycles. The van der Waals surface area contributed by atoms with Gasteiger partial charge in [-0.3, -0.25) is 0 Å². The highest BCUT2D eigenvalue weighted by molar-refractivity contribution is 5.52. The first kappa shape index (κ1) is 22.2. The van der Waals surface area contributed by atoms with Crippen LogP contribution in [0.2, 0.25) is 0 Å². The number of aliphatic hydroxyl groups excluding tert-OH is 1. The quantitative estimate of drug-likeness (QED) is 0.515. The number of hydrogen-bond acceptors (Lipinski definition) is 1. The van der Waals surface area contributed by atoms with Crippen molar-refractivity contribution in [2.45, 2.75) is 85.7 Å². The monoisotopic (exact) mass is 430 g/mol. The van der Waals surface area contributed by atoms with Gasteiger partial charge in [0.15, 0.2) is 0 Å². The summed E-state index contributed by atoms with van der Waals surface area (Å²) in [7, 11) is 0. The Morgan fingerprint density at radius 2 is 1.72 bits per heavy atom. The standard InChI is InChI=1S/C31H42O/c1-21(11-12-22-9-7-6-8-10-22)24-14-15-25-23-13-16-27-29(2,3)28(32)18-20-31(27,5)26(23)17-19-30(24,25)4/h6-12,15,21,24,27-28,32H,13-14,16-20H2,1-5H3/t21-,24-,27?,28?,30-,31-/m1/s1. The molecule has 5 rings (SSSR count). The van der Waals surface area contributed by atoms with Gasteiger partial charge in [-0.2, -0.15) is 0 Å². The lowest BCUT2D eigenvalue weighted by Gasteiger charge is -2.59. The molecule has 0 spiro atoms. The molecule has 1 fully saturated rings. The predicted molar refractivity (Wildman–Crippen MR) is 135 cm³/mol. The summed E-state index contributed by atoms with van der Waals surface area (Å²) in [6, 6.07) is 10.7. The summed E-state index contributed by atoms with van der Waals surface area (Å²) in [5.74, 6) is 1.88. The number of fused-ring (bicyclic) bond motifs is 4. The first-order chi connectivity index (χ1) is 15.2. The molecule has 0 radical (unpaired) electrons. The number of aliphatic hydroxyl groups is 1. The van der Waals surface area contributed by atoms with Crippen LogP contribution in [0.4, 0.5) is 0 Å². The smallest absolute Gasteiger partial charge is 0.0594 e. The van der Waals surface area contributed by atoms with Crippen molar-refractivity contribution in [3.05, 3.63) is 64.8 Å². The van der Waals surface area contributed by atoms with Gasteiger partial charge in [0.2, 0.25) is 0 Å². The van der Waals surface area contributed by atoms with Crippen LogP contribution in [-0.2, 0) is 0 Å². The topological polar surface area (TPSA) is 20.2 Å². The Balaban J connectivity index is 1.42. The lowest BCUT2D eigenvalue weighted by molar-refractivity contribution is -0.0904. The maximum absolute atomic E-state index is 10.8. The summed E-state index contributed by atoms with van der Waals surface area (Å²) >= 11 is 0. The van der Waals surface area contributed by atoms with Gasteiger partial charge in [0.05, 0.1) is 6.10 Å². The fourth-order valence-electron chi connectivity index (χ4n) is 8.47. The summed E-state index contributed by atoms with van der Waals surface area (Å²) in [6.45, 7) is 12.2. The van der Waals surface area contributed by atoms with Crippen molar-refractivity contribution < 1.29 is 5.11 Å². The minimum Gasteiger partial charge on any atom is -0.393 e. The Kier molecular flexibility index (Phi) is 5.36. The van der Waals surface area contributed by atoms with Gasteiger partial charge in [-0.1, -0.05) is 88.8 Å². The largest absolute Gasteiger partial charge is 0.393 e. The van der Waals surface area contributed by atoms with E-state index in [4.69, 9.17) is 0 Å². The molecule has 4 aliphatic carbocycles. The van der Waals surface area contributed by atoms with Gasteiger partial charge >= 0.3 is 0 Å². The van der Waals surface area contributed by atoms with E-state index in [1.54, 1.807) is 16.7 Å². The molecule has 1 saturated carbocycles. The van der Waals surface area contributed by atoms with E-state index >= 15 is 0 Å². The zero-order valence-electron chi connectivity index (χ0n) is 20.8. The van der Waals surface area contributed by atoms with Gasteiger partial charge in [0, 0.05) is 0 Å². The lowest BCUT2D eigenvalue weighted by Crippen LogP contribution is -2.53. The van der Waals surface area contributed by atoms with Crippen molar-refractivity contribution in [3.8, 4) is 0 Å². The Labute approximate surface area is 195 Å². The first-order valence-corrected chi connectivity index (χ1v) is 13.0. The lowest BCUT2D eigenvalue weighted by atomic mass is 9.46. The summed E-state index contributed by atoms with van der Waals surface area (Å²) < 4.78 is 0. The van der Waals surface area contributed by atoms with Crippen molar-refractivity contribution in [2.75, 3.05) is 0 Å². The highest BCUT2D eigenvalue weighted by Gasteiger charge is 2.57. The van der Waals surface area contributed by atoms with Crippen molar-refractivity contribution in [3.63, 3.8) is 0 Å². The number of hydrogen-bond donors (Lipinski definition) is 1. The molecule has 32 heavy (non-hydrogen) atoms. The van der Waals surface area contributed by atoms with E-state index in [0.717, 1.165) is 12.8 Å². The van der Waals surface area contributed by atoms with Gasteiger partial charge in [0.1, 0.15) is 0 Å². The summed E-state index contributed by atoms with van der Waals surface area (Å²) in [5, 5.41) is 10.8. The van der Waals surface area contributed by atoms with Crippen molar-refractivity contribution in [1.82, 2.24) is 0 Å². The highest BCUT2D eigenvalue weighted by atomic mass is 16.3. The Morgan fingerprint density at radius 1 is 0.969 bits per heavy atom. The molecule has 1 N–H and O–H groups in total. The molecule has 0 heterocycles. The van der Waals surface area contributed by atoms with Crippen LogP contribution in [-0.4, -0.2) is 11.2 Å². The molecule has 0 amide bonds. The first-order valence-electron chi connectivity index (χ1n) is 13.0. The summed E-state index contributed by atoms with van der Waals surface area (Å²) in [4.78, 5) is 0.